The van der Waals surface area contributed by atoms with Crippen LogP contribution >= 0.6 is 11.6 Å². The van der Waals surface area contributed by atoms with Crippen molar-refractivity contribution < 1.29 is 4.74 Å². The fourth-order valence-corrected chi connectivity index (χ4v) is 2.97. The molecule has 2 aromatic rings. The van der Waals surface area contributed by atoms with Gasteiger partial charge in [-0.25, -0.2) is 0 Å². The van der Waals surface area contributed by atoms with Crippen LogP contribution in [0.4, 0.5) is 5.82 Å². The van der Waals surface area contributed by atoms with Crippen LogP contribution in [0.1, 0.15) is 28.5 Å². The van der Waals surface area contributed by atoms with E-state index >= 15 is 0 Å². The molecule has 118 valence electrons. The van der Waals surface area contributed by atoms with Gasteiger partial charge in [-0.1, -0.05) is 29.8 Å². The van der Waals surface area contributed by atoms with Gasteiger partial charge in [0, 0.05) is 17.1 Å². The molecule has 0 saturated carbocycles. The Bertz CT molecular complexity index is 772. The Balaban J connectivity index is 1.92. The summed E-state index contributed by atoms with van der Waals surface area (Å²) in [4.78, 5) is 2.05. The number of nitrogens with zero attached hydrogens (tertiary/aromatic N) is 4. The van der Waals surface area contributed by atoms with Gasteiger partial charge in [0.1, 0.15) is 17.7 Å². The summed E-state index contributed by atoms with van der Waals surface area (Å²) >= 11 is 6.28. The largest absolute Gasteiger partial charge is 0.370 e. The molecule has 1 aromatic heterocycles. The molecule has 0 radical (unpaired) electrons. The number of benzene rings is 1. The minimum absolute atomic E-state index is 0.146. The molecule has 0 spiro atoms. The number of rotatable bonds is 2. The molecule has 0 N–H and O–H groups in total. The lowest BCUT2D eigenvalue weighted by Gasteiger charge is -2.34. The van der Waals surface area contributed by atoms with Crippen molar-refractivity contribution >= 4 is 17.4 Å². The first-order chi connectivity index (χ1) is 11.1. The third-order valence-corrected chi connectivity index (χ3v) is 4.51. The molecule has 1 saturated heterocycles. The Hall–Kier alpha value is -2.16. The van der Waals surface area contributed by atoms with Gasteiger partial charge in [-0.05, 0) is 25.5 Å². The maximum absolute atomic E-state index is 9.48. The van der Waals surface area contributed by atoms with Crippen LogP contribution in [0.2, 0.25) is 5.02 Å². The highest BCUT2D eigenvalue weighted by Gasteiger charge is 2.27. The van der Waals surface area contributed by atoms with Crippen molar-refractivity contribution in [2.24, 2.45) is 0 Å². The SMILES string of the molecule is Cc1nnc(N2CCO[C@H](c3ccccc3Cl)C2)c(C#N)c1C. The molecule has 1 aliphatic rings. The number of aryl methyl sites for hydroxylation is 1. The average molecular weight is 329 g/mol. The van der Waals surface area contributed by atoms with Crippen LogP contribution < -0.4 is 4.90 Å². The van der Waals surface area contributed by atoms with E-state index in [0.29, 0.717) is 36.1 Å². The van der Waals surface area contributed by atoms with E-state index in [9.17, 15) is 5.26 Å². The van der Waals surface area contributed by atoms with E-state index < -0.39 is 0 Å². The number of aromatic nitrogens is 2. The fraction of sp³-hybridized carbons (Fsp3) is 0.353. The van der Waals surface area contributed by atoms with E-state index in [1.807, 2.05) is 38.1 Å². The Morgan fingerprint density at radius 2 is 2.09 bits per heavy atom. The molecule has 2 heterocycles. The zero-order chi connectivity index (χ0) is 16.4. The van der Waals surface area contributed by atoms with Gasteiger partial charge in [0.2, 0.25) is 0 Å². The molecule has 3 rings (SSSR count). The van der Waals surface area contributed by atoms with E-state index in [2.05, 4.69) is 21.2 Å². The molecular formula is C17H17ClN4O. The molecule has 6 heteroatoms. The van der Waals surface area contributed by atoms with Gasteiger partial charge in [0.25, 0.3) is 0 Å². The maximum Gasteiger partial charge on any atom is 0.169 e. The number of hydrogen-bond acceptors (Lipinski definition) is 5. The molecule has 1 aliphatic heterocycles. The van der Waals surface area contributed by atoms with Gasteiger partial charge in [0.05, 0.1) is 18.8 Å². The molecule has 0 aliphatic carbocycles. The van der Waals surface area contributed by atoms with Gasteiger partial charge in [-0.15, -0.1) is 5.10 Å². The number of hydrogen-bond donors (Lipinski definition) is 0. The van der Waals surface area contributed by atoms with Crippen molar-refractivity contribution in [3.63, 3.8) is 0 Å². The standard InChI is InChI=1S/C17H17ClN4O/c1-11-12(2)20-21-17(14(11)9-19)22-7-8-23-16(10-22)13-5-3-4-6-15(13)18/h3-6,16H,7-8,10H2,1-2H3/t16-/m0/s1. The van der Waals surface area contributed by atoms with Gasteiger partial charge in [-0.3, -0.25) is 0 Å². The molecule has 0 unspecified atom stereocenters. The van der Waals surface area contributed by atoms with Crippen LogP contribution in [0.25, 0.3) is 0 Å². The predicted octanol–water partition coefficient (Wildman–Crippen LogP) is 3.20. The summed E-state index contributed by atoms with van der Waals surface area (Å²) < 4.78 is 5.87. The van der Waals surface area contributed by atoms with E-state index in [0.717, 1.165) is 16.8 Å². The topological polar surface area (TPSA) is 62.0 Å². The van der Waals surface area contributed by atoms with Crippen molar-refractivity contribution in [3.8, 4) is 6.07 Å². The average Bonchev–Trinajstić information content (AvgIpc) is 2.57. The molecule has 0 bridgehead atoms. The van der Waals surface area contributed by atoms with E-state index in [1.165, 1.54) is 0 Å². The highest BCUT2D eigenvalue weighted by atomic mass is 35.5. The molecule has 0 amide bonds. The minimum atomic E-state index is -0.146. The van der Waals surface area contributed by atoms with E-state index in [-0.39, 0.29) is 6.10 Å². The third-order valence-electron chi connectivity index (χ3n) is 4.17. The zero-order valence-corrected chi connectivity index (χ0v) is 13.8. The number of ether oxygens (including phenoxy) is 1. The van der Waals surface area contributed by atoms with Crippen molar-refractivity contribution in [3.05, 3.63) is 51.7 Å². The van der Waals surface area contributed by atoms with Gasteiger partial charge in [0.15, 0.2) is 5.82 Å². The first kappa shape index (κ1) is 15.7. The van der Waals surface area contributed by atoms with Gasteiger partial charge in [-0.2, -0.15) is 10.4 Å². The zero-order valence-electron chi connectivity index (χ0n) is 13.1. The molecule has 1 atom stereocenters. The van der Waals surface area contributed by atoms with E-state index in [4.69, 9.17) is 16.3 Å². The monoisotopic (exact) mass is 328 g/mol. The summed E-state index contributed by atoms with van der Waals surface area (Å²) in [5.41, 5.74) is 3.19. The number of morpholine rings is 1. The Labute approximate surface area is 140 Å². The lowest BCUT2D eigenvalue weighted by atomic mass is 10.1. The van der Waals surface area contributed by atoms with Gasteiger partial charge >= 0.3 is 0 Å². The first-order valence-electron chi connectivity index (χ1n) is 7.46. The van der Waals surface area contributed by atoms with Crippen molar-refractivity contribution in [2.45, 2.75) is 20.0 Å². The van der Waals surface area contributed by atoms with Crippen LogP contribution in [0, 0.1) is 25.2 Å². The summed E-state index contributed by atoms with van der Waals surface area (Å²) in [6.45, 7) is 5.58. The van der Waals surface area contributed by atoms with Crippen LogP contribution in [-0.2, 0) is 4.74 Å². The van der Waals surface area contributed by atoms with Crippen molar-refractivity contribution in [2.75, 3.05) is 24.6 Å². The second kappa shape index (κ2) is 6.53. The number of anilines is 1. The molecule has 5 nitrogen and oxygen atoms in total. The smallest absolute Gasteiger partial charge is 0.169 e. The molecular weight excluding hydrogens is 312 g/mol. The lowest BCUT2D eigenvalue weighted by molar-refractivity contribution is 0.0395. The van der Waals surface area contributed by atoms with Crippen LogP contribution in [0.15, 0.2) is 24.3 Å². The van der Waals surface area contributed by atoms with Gasteiger partial charge < -0.3 is 9.64 Å². The van der Waals surface area contributed by atoms with Crippen molar-refractivity contribution in [1.82, 2.24) is 10.2 Å². The fourth-order valence-electron chi connectivity index (χ4n) is 2.72. The molecule has 1 aromatic carbocycles. The summed E-state index contributed by atoms with van der Waals surface area (Å²) in [6.07, 6.45) is -0.146. The van der Waals surface area contributed by atoms with Crippen LogP contribution in [-0.4, -0.2) is 29.9 Å². The second-order valence-corrected chi connectivity index (χ2v) is 5.95. The highest BCUT2D eigenvalue weighted by Crippen LogP contribution is 2.31. The van der Waals surface area contributed by atoms with Crippen LogP contribution in [0.5, 0.6) is 0 Å². The van der Waals surface area contributed by atoms with Crippen LogP contribution in [0.3, 0.4) is 0 Å². The summed E-state index contributed by atoms with van der Waals surface area (Å²) in [7, 11) is 0. The number of nitriles is 1. The Morgan fingerprint density at radius 3 is 2.83 bits per heavy atom. The summed E-state index contributed by atoms with van der Waals surface area (Å²) in [5.74, 6) is 0.621. The maximum atomic E-state index is 9.48. The Kier molecular flexibility index (Phi) is 4.46. The number of halogens is 1. The first-order valence-corrected chi connectivity index (χ1v) is 7.84. The highest BCUT2D eigenvalue weighted by molar-refractivity contribution is 6.31. The predicted molar refractivity (Wildman–Crippen MR) is 88.6 cm³/mol. The summed E-state index contributed by atoms with van der Waals surface area (Å²) in [6, 6.07) is 9.92. The quantitative estimate of drug-likeness (QED) is 0.847. The summed E-state index contributed by atoms with van der Waals surface area (Å²) in [5, 5.41) is 18.6. The van der Waals surface area contributed by atoms with Crippen molar-refractivity contribution in [1.29, 1.82) is 5.26 Å². The second-order valence-electron chi connectivity index (χ2n) is 5.55. The third kappa shape index (κ3) is 3.00. The lowest BCUT2D eigenvalue weighted by Crippen LogP contribution is -2.39. The van der Waals surface area contributed by atoms with E-state index in [1.54, 1.807) is 0 Å². The minimum Gasteiger partial charge on any atom is -0.370 e. The normalized spacial score (nSPS) is 17.8. The molecule has 23 heavy (non-hydrogen) atoms. The molecule has 1 fully saturated rings. The Morgan fingerprint density at radius 1 is 1.30 bits per heavy atom.